The fraction of sp³-hybridized carbons (Fsp3) is 0.889. The van der Waals surface area contributed by atoms with E-state index in [0.717, 1.165) is 19.5 Å². The van der Waals surface area contributed by atoms with Crippen LogP contribution < -0.4 is 5.32 Å². The SMILES string of the molecule is CCC(=O)CN(C)CCCNC. The number of likely N-dealkylation sites (N-methyl/N-ethyl adjacent to an activating group) is 1. The van der Waals surface area contributed by atoms with E-state index >= 15 is 0 Å². The van der Waals surface area contributed by atoms with E-state index in [2.05, 4.69) is 10.2 Å². The Kier molecular flexibility index (Phi) is 7.00. The van der Waals surface area contributed by atoms with Crippen LogP contribution in [0.2, 0.25) is 0 Å². The number of rotatable bonds is 7. The van der Waals surface area contributed by atoms with Crippen molar-refractivity contribution in [2.75, 3.05) is 33.7 Å². The lowest BCUT2D eigenvalue weighted by atomic mass is 10.3. The van der Waals surface area contributed by atoms with Gasteiger partial charge >= 0.3 is 0 Å². The van der Waals surface area contributed by atoms with Crippen molar-refractivity contribution in [1.29, 1.82) is 0 Å². The molecule has 1 N–H and O–H groups in total. The molecule has 0 saturated heterocycles. The predicted octanol–water partition coefficient (Wildman–Crippen LogP) is 0.507. The van der Waals surface area contributed by atoms with Gasteiger partial charge in [0.25, 0.3) is 0 Å². The summed E-state index contributed by atoms with van der Waals surface area (Å²) in [5, 5.41) is 3.08. The highest BCUT2D eigenvalue weighted by molar-refractivity contribution is 5.80. The minimum Gasteiger partial charge on any atom is -0.320 e. The Morgan fingerprint density at radius 1 is 1.50 bits per heavy atom. The quantitative estimate of drug-likeness (QED) is 0.568. The van der Waals surface area contributed by atoms with Crippen LogP contribution in [0.25, 0.3) is 0 Å². The van der Waals surface area contributed by atoms with E-state index in [-0.39, 0.29) is 0 Å². The van der Waals surface area contributed by atoms with Gasteiger partial charge in [-0.25, -0.2) is 0 Å². The summed E-state index contributed by atoms with van der Waals surface area (Å²) in [7, 11) is 3.93. The molecule has 0 spiro atoms. The summed E-state index contributed by atoms with van der Waals surface area (Å²) in [6.07, 6.45) is 1.75. The van der Waals surface area contributed by atoms with E-state index in [1.165, 1.54) is 0 Å². The topological polar surface area (TPSA) is 32.3 Å². The second kappa shape index (κ2) is 7.25. The van der Waals surface area contributed by atoms with Gasteiger partial charge < -0.3 is 5.32 Å². The zero-order valence-corrected chi connectivity index (χ0v) is 8.39. The fourth-order valence-corrected chi connectivity index (χ4v) is 1.02. The number of ketones is 1. The summed E-state index contributed by atoms with van der Waals surface area (Å²) >= 11 is 0. The van der Waals surface area contributed by atoms with Crippen LogP contribution in [0.1, 0.15) is 19.8 Å². The van der Waals surface area contributed by atoms with Gasteiger partial charge in [-0.3, -0.25) is 9.69 Å². The number of hydrogen-bond donors (Lipinski definition) is 1. The van der Waals surface area contributed by atoms with Crippen molar-refractivity contribution in [2.45, 2.75) is 19.8 Å². The average molecular weight is 172 g/mol. The van der Waals surface area contributed by atoms with E-state index in [1.807, 2.05) is 21.0 Å². The van der Waals surface area contributed by atoms with Crippen molar-refractivity contribution in [2.24, 2.45) is 0 Å². The summed E-state index contributed by atoms with van der Waals surface area (Å²) in [6, 6.07) is 0. The van der Waals surface area contributed by atoms with Crippen molar-refractivity contribution >= 4 is 5.78 Å². The Labute approximate surface area is 75.1 Å². The lowest BCUT2D eigenvalue weighted by Gasteiger charge is -2.14. The zero-order valence-electron chi connectivity index (χ0n) is 8.39. The highest BCUT2D eigenvalue weighted by Gasteiger charge is 2.02. The molecule has 0 fully saturated rings. The van der Waals surface area contributed by atoms with Crippen molar-refractivity contribution in [3.8, 4) is 0 Å². The Balaban J connectivity index is 3.32. The summed E-state index contributed by atoms with van der Waals surface area (Å²) in [5.41, 5.74) is 0. The van der Waals surface area contributed by atoms with E-state index in [9.17, 15) is 4.79 Å². The van der Waals surface area contributed by atoms with E-state index in [1.54, 1.807) is 0 Å². The molecule has 0 radical (unpaired) electrons. The molecular weight excluding hydrogens is 152 g/mol. The molecule has 0 saturated carbocycles. The summed E-state index contributed by atoms with van der Waals surface area (Å²) in [5.74, 6) is 0.321. The third-order valence-corrected chi connectivity index (χ3v) is 1.81. The van der Waals surface area contributed by atoms with Crippen molar-refractivity contribution in [1.82, 2.24) is 10.2 Å². The largest absolute Gasteiger partial charge is 0.320 e. The number of carbonyl (C=O) groups is 1. The number of nitrogens with one attached hydrogen (secondary N) is 1. The smallest absolute Gasteiger partial charge is 0.146 e. The van der Waals surface area contributed by atoms with Gasteiger partial charge in [0.15, 0.2) is 0 Å². The maximum absolute atomic E-state index is 11.0. The van der Waals surface area contributed by atoms with E-state index in [4.69, 9.17) is 0 Å². The molecule has 0 amide bonds. The van der Waals surface area contributed by atoms with Gasteiger partial charge in [0, 0.05) is 6.42 Å². The molecular formula is C9H20N2O. The lowest BCUT2D eigenvalue weighted by molar-refractivity contribution is -0.119. The molecule has 3 heteroatoms. The van der Waals surface area contributed by atoms with E-state index in [0.29, 0.717) is 18.7 Å². The molecule has 3 nitrogen and oxygen atoms in total. The molecule has 0 heterocycles. The van der Waals surface area contributed by atoms with Gasteiger partial charge in [-0.2, -0.15) is 0 Å². The fourth-order valence-electron chi connectivity index (χ4n) is 1.02. The van der Waals surface area contributed by atoms with Crippen LogP contribution in [0.5, 0.6) is 0 Å². The molecule has 0 aliphatic heterocycles. The van der Waals surface area contributed by atoms with Gasteiger partial charge in [-0.05, 0) is 33.6 Å². The predicted molar refractivity (Wildman–Crippen MR) is 51.3 cm³/mol. The molecule has 0 rings (SSSR count). The van der Waals surface area contributed by atoms with Crippen LogP contribution in [0.4, 0.5) is 0 Å². The van der Waals surface area contributed by atoms with Gasteiger partial charge in [0.2, 0.25) is 0 Å². The number of hydrogen-bond acceptors (Lipinski definition) is 3. The summed E-state index contributed by atoms with van der Waals surface area (Å²) in [6.45, 7) is 4.52. The van der Waals surface area contributed by atoms with Crippen LogP contribution in [0.3, 0.4) is 0 Å². The van der Waals surface area contributed by atoms with Crippen LogP contribution in [0, 0.1) is 0 Å². The normalized spacial score (nSPS) is 10.7. The first-order valence-corrected chi connectivity index (χ1v) is 4.55. The standard InChI is InChI=1S/C9H20N2O/c1-4-9(12)8-11(3)7-5-6-10-2/h10H,4-8H2,1-3H3. The van der Waals surface area contributed by atoms with Gasteiger partial charge in [0.1, 0.15) is 5.78 Å². The summed E-state index contributed by atoms with van der Waals surface area (Å²) in [4.78, 5) is 13.1. The molecule has 0 atom stereocenters. The third kappa shape index (κ3) is 6.31. The first-order valence-electron chi connectivity index (χ1n) is 4.55. The maximum Gasteiger partial charge on any atom is 0.146 e. The molecule has 0 aliphatic rings. The molecule has 0 aromatic carbocycles. The second-order valence-corrected chi connectivity index (χ2v) is 3.09. The molecule has 72 valence electrons. The monoisotopic (exact) mass is 172 g/mol. The molecule has 0 aromatic heterocycles. The van der Waals surface area contributed by atoms with Crippen LogP contribution in [-0.4, -0.2) is 44.4 Å². The molecule has 0 aromatic rings. The first-order chi connectivity index (χ1) is 5.70. The minimum atomic E-state index is 0.321. The van der Waals surface area contributed by atoms with Gasteiger partial charge in [-0.15, -0.1) is 0 Å². The van der Waals surface area contributed by atoms with Gasteiger partial charge in [0.05, 0.1) is 6.54 Å². The van der Waals surface area contributed by atoms with Crippen molar-refractivity contribution < 1.29 is 4.79 Å². The highest BCUT2D eigenvalue weighted by Crippen LogP contribution is 1.89. The Morgan fingerprint density at radius 2 is 2.17 bits per heavy atom. The minimum absolute atomic E-state index is 0.321. The Morgan fingerprint density at radius 3 is 2.67 bits per heavy atom. The number of nitrogens with zero attached hydrogens (tertiary/aromatic N) is 1. The average Bonchev–Trinajstić information content (AvgIpc) is 2.05. The van der Waals surface area contributed by atoms with Crippen molar-refractivity contribution in [3.63, 3.8) is 0 Å². The second-order valence-electron chi connectivity index (χ2n) is 3.09. The number of Topliss-reactive ketones (excluding diaryl/α,β-unsaturated/α-hetero) is 1. The zero-order chi connectivity index (χ0) is 9.40. The van der Waals surface area contributed by atoms with Crippen LogP contribution in [0.15, 0.2) is 0 Å². The molecule has 12 heavy (non-hydrogen) atoms. The molecule has 0 aliphatic carbocycles. The Bertz CT molecular complexity index is 126. The number of carbonyl (C=O) groups excluding carboxylic acids is 1. The summed E-state index contributed by atoms with van der Waals surface area (Å²) < 4.78 is 0. The first kappa shape index (κ1) is 11.6. The lowest BCUT2D eigenvalue weighted by Crippen LogP contribution is -2.28. The van der Waals surface area contributed by atoms with Crippen LogP contribution in [-0.2, 0) is 4.79 Å². The highest BCUT2D eigenvalue weighted by atomic mass is 16.1. The molecule has 0 unspecified atom stereocenters. The van der Waals surface area contributed by atoms with Crippen molar-refractivity contribution in [3.05, 3.63) is 0 Å². The third-order valence-electron chi connectivity index (χ3n) is 1.81. The van der Waals surface area contributed by atoms with Crippen LogP contribution >= 0.6 is 0 Å². The Hall–Kier alpha value is -0.410. The van der Waals surface area contributed by atoms with Gasteiger partial charge in [-0.1, -0.05) is 6.92 Å². The van der Waals surface area contributed by atoms with E-state index < -0.39 is 0 Å². The maximum atomic E-state index is 11.0. The molecule has 0 bridgehead atoms.